The van der Waals surface area contributed by atoms with Crippen LogP contribution in [0.5, 0.6) is 0 Å². The first-order valence-electron chi connectivity index (χ1n) is 10.3. The highest BCUT2D eigenvalue weighted by Gasteiger charge is 2.16. The van der Waals surface area contributed by atoms with E-state index in [4.69, 9.17) is 4.98 Å². The Balaban J connectivity index is 1.17. The number of fused-ring (bicyclic) bond motifs is 3. The molecular weight excluding hydrogens is 344 g/mol. The van der Waals surface area contributed by atoms with Gasteiger partial charge >= 0.3 is 0 Å². The van der Waals surface area contributed by atoms with Crippen LogP contribution in [-0.4, -0.2) is 47.6 Å². The zero-order valence-corrected chi connectivity index (χ0v) is 16.1. The second kappa shape index (κ2) is 7.64. The van der Waals surface area contributed by atoms with Crippen molar-refractivity contribution in [1.82, 2.24) is 14.9 Å². The van der Waals surface area contributed by atoms with Crippen LogP contribution in [0.25, 0.3) is 21.8 Å². The lowest BCUT2D eigenvalue weighted by molar-refractivity contribution is 0.254. The molecule has 1 saturated heterocycles. The Morgan fingerprint density at radius 2 is 1.61 bits per heavy atom. The largest absolute Gasteiger partial charge is 0.369 e. The van der Waals surface area contributed by atoms with Crippen LogP contribution < -0.4 is 4.90 Å². The second-order valence-electron chi connectivity index (χ2n) is 7.63. The van der Waals surface area contributed by atoms with Crippen LogP contribution in [0.1, 0.15) is 12.2 Å². The molecule has 2 heterocycles. The van der Waals surface area contributed by atoms with Crippen LogP contribution in [0.4, 0.5) is 5.69 Å². The van der Waals surface area contributed by atoms with E-state index in [1.54, 1.807) is 0 Å². The number of hydrogen-bond donors (Lipinski definition) is 1. The molecule has 0 saturated carbocycles. The van der Waals surface area contributed by atoms with Crippen molar-refractivity contribution >= 4 is 27.5 Å². The van der Waals surface area contributed by atoms with Crippen molar-refractivity contribution in [3.05, 3.63) is 72.6 Å². The topological polar surface area (TPSA) is 35.2 Å². The molecular formula is C24H26N4. The van der Waals surface area contributed by atoms with Crippen LogP contribution in [0, 0.1) is 0 Å². The van der Waals surface area contributed by atoms with E-state index in [1.165, 1.54) is 16.5 Å². The molecule has 4 heteroatoms. The van der Waals surface area contributed by atoms with E-state index in [2.05, 4.69) is 81.5 Å². The summed E-state index contributed by atoms with van der Waals surface area (Å²) < 4.78 is 0. The molecule has 0 atom stereocenters. The molecule has 4 aromatic rings. The Morgan fingerprint density at radius 1 is 0.821 bits per heavy atom. The SMILES string of the molecule is c1ccc(N2CCN(CCCc3nc4c(ccc5ccccc54)[nH]3)CC2)cc1. The van der Waals surface area contributed by atoms with Crippen LogP contribution >= 0.6 is 0 Å². The molecule has 1 N–H and O–H groups in total. The number of nitrogens with one attached hydrogen (secondary N) is 1. The van der Waals surface area contributed by atoms with Crippen molar-refractivity contribution in [2.24, 2.45) is 0 Å². The minimum absolute atomic E-state index is 1.00. The maximum atomic E-state index is 4.89. The standard InChI is InChI=1S/C24H26N4/c1-2-8-20(9-3-1)28-17-15-27(16-18-28)14-6-11-23-25-22-13-12-19-7-4-5-10-21(19)24(22)26-23/h1-5,7-10,12-13H,6,11,14-18H2,(H,25,26). The zero-order chi connectivity index (χ0) is 18.8. The van der Waals surface area contributed by atoms with Gasteiger partial charge in [-0.2, -0.15) is 0 Å². The summed E-state index contributed by atoms with van der Waals surface area (Å²) in [5.41, 5.74) is 3.59. The number of aromatic amines is 1. The van der Waals surface area contributed by atoms with E-state index in [1.807, 2.05) is 0 Å². The summed E-state index contributed by atoms with van der Waals surface area (Å²) in [6, 6.07) is 23.6. The van der Waals surface area contributed by atoms with E-state index in [-0.39, 0.29) is 0 Å². The van der Waals surface area contributed by atoms with Crippen molar-refractivity contribution in [2.45, 2.75) is 12.8 Å². The molecule has 142 valence electrons. The van der Waals surface area contributed by atoms with Gasteiger partial charge in [-0.15, -0.1) is 0 Å². The highest BCUT2D eigenvalue weighted by Crippen LogP contribution is 2.23. The number of H-pyrrole nitrogens is 1. The molecule has 3 aromatic carbocycles. The van der Waals surface area contributed by atoms with Crippen LogP contribution in [0.3, 0.4) is 0 Å². The smallest absolute Gasteiger partial charge is 0.107 e. The molecule has 4 nitrogen and oxygen atoms in total. The number of para-hydroxylation sites is 1. The van der Waals surface area contributed by atoms with Gasteiger partial charge < -0.3 is 9.88 Å². The summed E-state index contributed by atoms with van der Waals surface area (Å²) >= 11 is 0. The number of anilines is 1. The van der Waals surface area contributed by atoms with Crippen LogP contribution in [0.15, 0.2) is 66.7 Å². The van der Waals surface area contributed by atoms with E-state index < -0.39 is 0 Å². The zero-order valence-electron chi connectivity index (χ0n) is 16.1. The molecule has 5 rings (SSSR count). The number of imidazole rings is 1. The molecule has 1 aliphatic rings. The first-order chi connectivity index (χ1) is 13.9. The quantitative estimate of drug-likeness (QED) is 0.563. The Bertz CT molecular complexity index is 1060. The summed E-state index contributed by atoms with van der Waals surface area (Å²) in [5, 5.41) is 2.49. The molecule has 0 bridgehead atoms. The number of piperazine rings is 1. The third-order valence-electron chi connectivity index (χ3n) is 5.81. The summed E-state index contributed by atoms with van der Waals surface area (Å²) in [6.07, 6.45) is 2.14. The molecule has 0 radical (unpaired) electrons. The molecule has 0 amide bonds. The van der Waals surface area contributed by atoms with E-state index in [0.29, 0.717) is 0 Å². The maximum Gasteiger partial charge on any atom is 0.107 e. The third-order valence-corrected chi connectivity index (χ3v) is 5.81. The lowest BCUT2D eigenvalue weighted by atomic mass is 10.1. The van der Waals surface area contributed by atoms with E-state index >= 15 is 0 Å². The van der Waals surface area contributed by atoms with Gasteiger partial charge in [-0.05, 0) is 36.6 Å². The van der Waals surface area contributed by atoms with Gasteiger partial charge in [-0.25, -0.2) is 4.98 Å². The van der Waals surface area contributed by atoms with Crippen molar-refractivity contribution in [3.63, 3.8) is 0 Å². The summed E-state index contributed by atoms with van der Waals surface area (Å²) in [6.45, 7) is 5.64. The lowest BCUT2D eigenvalue weighted by Crippen LogP contribution is -2.46. The molecule has 0 unspecified atom stereocenters. The van der Waals surface area contributed by atoms with Crippen LogP contribution in [-0.2, 0) is 6.42 Å². The molecule has 0 aliphatic carbocycles. The third kappa shape index (κ3) is 3.48. The fourth-order valence-electron chi connectivity index (χ4n) is 4.25. The summed E-state index contributed by atoms with van der Waals surface area (Å²) in [4.78, 5) is 13.5. The Kier molecular flexibility index (Phi) is 4.71. The number of aryl methyl sites for hydroxylation is 1. The van der Waals surface area contributed by atoms with Gasteiger partial charge in [0.2, 0.25) is 0 Å². The molecule has 1 fully saturated rings. The minimum atomic E-state index is 1.00. The highest BCUT2D eigenvalue weighted by molar-refractivity contribution is 6.04. The number of rotatable bonds is 5. The fraction of sp³-hybridized carbons (Fsp3) is 0.292. The van der Waals surface area contributed by atoms with Gasteiger partial charge in [0, 0.05) is 43.7 Å². The van der Waals surface area contributed by atoms with Crippen molar-refractivity contribution in [1.29, 1.82) is 0 Å². The number of nitrogens with zero attached hydrogens (tertiary/aromatic N) is 3. The van der Waals surface area contributed by atoms with Crippen molar-refractivity contribution in [3.8, 4) is 0 Å². The van der Waals surface area contributed by atoms with Crippen molar-refractivity contribution in [2.75, 3.05) is 37.6 Å². The Hall–Kier alpha value is -2.85. The van der Waals surface area contributed by atoms with Gasteiger partial charge in [0.15, 0.2) is 0 Å². The highest BCUT2D eigenvalue weighted by atomic mass is 15.3. The van der Waals surface area contributed by atoms with Gasteiger partial charge in [0.25, 0.3) is 0 Å². The van der Waals surface area contributed by atoms with E-state index in [9.17, 15) is 0 Å². The van der Waals surface area contributed by atoms with Gasteiger partial charge in [0.1, 0.15) is 5.82 Å². The predicted molar refractivity (Wildman–Crippen MR) is 117 cm³/mol. The normalized spacial score (nSPS) is 15.5. The average molecular weight is 371 g/mol. The predicted octanol–water partition coefficient (Wildman–Crippen LogP) is 4.47. The van der Waals surface area contributed by atoms with Crippen LogP contribution in [0.2, 0.25) is 0 Å². The summed E-state index contributed by atoms with van der Waals surface area (Å²) in [7, 11) is 0. The van der Waals surface area contributed by atoms with E-state index in [0.717, 1.165) is 62.4 Å². The van der Waals surface area contributed by atoms with Gasteiger partial charge in [-0.3, -0.25) is 4.90 Å². The first-order valence-corrected chi connectivity index (χ1v) is 10.3. The maximum absolute atomic E-state index is 4.89. The number of hydrogen-bond acceptors (Lipinski definition) is 3. The summed E-state index contributed by atoms with van der Waals surface area (Å²) in [5.74, 6) is 1.11. The molecule has 0 spiro atoms. The Labute approximate surface area is 165 Å². The first kappa shape index (κ1) is 17.3. The lowest BCUT2D eigenvalue weighted by Gasteiger charge is -2.36. The van der Waals surface area contributed by atoms with Crippen molar-refractivity contribution < 1.29 is 0 Å². The van der Waals surface area contributed by atoms with Gasteiger partial charge in [0.05, 0.1) is 11.0 Å². The molecule has 1 aromatic heterocycles. The molecule has 28 heavy (non-hydrogen) atoms. The van der Waals surface area contributed by atoms with Gasteiger partial charge in [-0.1, -0.05) is 48.5 Å². The monoisotopic (exact) mass is 370 g/mol. The average Bonchev–Trinajstić information content (AvgIpc) is 3.18. The number of aromatic nitrogens is 2. The number of benzene rings is 3. The second-order valence-corrected chi connectivity index (χ2v) is 7.63. The Morgan fingerprint density at radius 3 is 2.46 bits per heavy atom. The molecule has 1 aliphatic heterocycles. The fourth-order valence-corrected chi connectivity index (χ4v) is 4.25. The minimum Gasteiger partial charge on any atom is -0.369 e.